The van der Waals surface area contributed by atoms with Gasteiger partial charge in [-0.15, -0.1) is 11.3 Å². The number of rotatable bonds is 5. The second kappa shape index (κ2) is 7.93. The van der Waals surface area contributed by atoms with E-state index in [0.29, 0.717) is 0 Å². The van der Waals surface area contributed by atoms with Gasteiger partial charge in [0.1, 0.15) is 0 Å². The predicted octanol–water partition coefficient (Wildman–Crippen LogP) is 5.06. The fourth-order valence-electron chi connectivity index (χ4n) is 4.19. The van der Waals surface area contributed by atoms with E-state index in [0.717, 1.165) is 51.9 Å². The molecule has 1 N–H and O–H groups in total. The van der Waals surface area contributed by atoms with Gasteiger partial charge in [0.2, 0.25) is 0 Å². The van der Waals surface area contributed by atoms with Gasteiger partial charge in [-0.1, -0.05) is 31.0 Å². The number of nitrogens with one attached hydrogen (secondary N) is 1. The van der Waals surface area contributed by atoms with Gasteiger partial charge >= 0.3 is 0 Å². The Bertz CT molecular complexity index is 733. The number of hydrogen-bond acceptors (Lipinski definition) is 5. The van der Waals surface area contributed by atoms with Crippen molar-refractivity contribution in [2.45, 2.75) is 44.8 Å². The van der Waals surface area contributed by atoms with E-state index < -0.39 is 0 Å². The van der Waals surface area contributed by atoms with Crippen molar-refractivity contribution in [2.75, 3.05) is 30.7 Å². The molecule has 3 heterocycles. The van der Waals surface area contributed by atoms with Gasteiger partial charge in [-0.05, 0) is 48.6 Å². The third-order valence-corrected chi connectivity index (χ3v) is 7.43. The van der Waals surface area contributed by atoms with Crippen molar-refractivity contribution in [1.82, 2.24) is 4.90 Å². The summed E-state index contributed by atoms with van der Waals surface area (Å²) < 4.78 is 9.68. The predicted molar refractivity (Wildman–Crippen MR) is 113 cm³/mol. The van der Waals surface area contributed by atoms with Crippen LogP contribution in [-0.2, 0) is 29.7 Å². The average molecular weight is 389 g/mol. The van der Waals surface area contributed by atoms with Gasteiger partial charge in [0.25, 0.3) is 0 Å². The molecule has 1 fully saturated rings. The first-order chi connectivity index (χ1) is 12.7. The van der Waals surface area contributed by atoms with E-state index >= 15 is 0 Å². The van der Waals surface area contributed by atoms with Gasteiger partial charge in [0.05, 0.1) is 12.2 Å². The monoisotopic (exact) mass is 388 g/mol. The SMILES string of the molecule is CCc1cc2c(s1)CCOC21CCN(Cc2ccc(NSC)cc2)CC1. The lowest BCUT2D eigenvalue weighted by atomic mass is 9.82. The van der Waals surface area contributed by atoms with Crippen LogP contribution in [0.25, 0.3) is 0 Å². The third kappa shape index (κ3) is 3.68. The lowest BCUT2D eigenvalue weighted by molar-refractivity contribution is -0.0981. The van der Waals surface area contributed by atoms with Crippen LogP contribution in [0.5, 0.6) is 0 Å². The largest absolute Gasteiger partial charge is 0.370 e. The highest BCUT2D eigenvalue weighted by molar-refractivity contribution is 7.99. The van der Waals surface area contributed by atoms with Crippen LogP contribution >= 0.6 is 23.3 Å². The Balaban J connectivity index is 1.41. The summed E-state index contributed by atoms with van der Waals surface area (Å²) in [5.41, 5.74) is 4.06. The van der Waals surface area contributed by atoms with Crippen molar-refractivity contribution < 1.29 is 4.74 Å². The summed E-state index contributed by atoms with van der Waals surface area (Å²) in [7, 11) is 0. The molecule has 2 aliphatic heterocycles. The van der Waals surface area contributed by atoms with E-state index in [1.54, 1.807) is 16.8 Å². The molecule has 0 atom stereocenters. The maximum Gasteiger partial charge on any atom is 0.0966 e. The van der Waals surface area contributed by atoms with Crippen LogP contribution in [0.4, 0.5) is 5.69 Å². The first-order valence-electron chi connectivity index (χ1n) is 9.59. The fourth-order valence-corrected chi connectivity index (χ4v) is 5.74. The topological polar surface area (TPSA) is 24.5 Å². The molecule has 1 aromatic heterocycles. The van der Waals surface area contributed by atoms with Crippen LogP contribution in [0.2, 0.25) is 0 Å². The van der Waals surface area contributed by atoms with Gasteiger partial charge in [-0.2, -0.15) is 0 Å². The van der Waals surface area contributed by atoms with Crippen molar-refractivity contribution in [1.29, 1.82) is 0 Å². The highest BCUT2D eigenvalue weighted by atomic mass is 32.2. The molecule has 0 radical (unpaired) electrons. The van der Waals surface area contributed by atoms with Crippen molar-refractivity contribution in [3.63, 3.8) is 0 Å². The van der Waals surface area contributed by atoms with Crippen LogP contribution in [0.15, 0.2) is 30.3 Å². The Morgan fingerprint density at radius 1 is 1.23 bits per heavy atom. The summed E-state index contributed by atoms with van der Waals surface area (Å²) in [6.45, 7) is 6.41. The van der Waals surface area contributed by atoms with Crippen LogP contribution in [-0.4, -0.2) is 30.9 Å². The Labute approximate surface area is 165 Å². The van der Waals surface area contributed by atoms with E-state index in [1.807, 2.05) is 17.6 Å². The van der Waals surface area contributed by atoms with E-state index in [1.165, 1.54) is 21.7 Å². The Hall–Kier alpha value is -1.01. The summed E-state index contributed by atoms with van der Waals surface area (Å²) in [6, 6.07) is 11.3. The summed E-state index contributed by atoms with van der Waals surface area (Å²) in [5, 5.41) is 0. The van der Waals surface area contributed by atoms with Crippen LogP contribution < -0.4 is 4.72 Å². The number of hydrogen-bond donors (Lipinski definition) is 1. The van der Waals surface area contributed by atoms with Gasteiger partial charge < -0.3 is 9.46 Å². The smallest absolute Gasteiger partial charge is 0.0966 e. The number of aryl methyl sites for hydroxylation is 1. The van der Waals surface area contributed by atoms with Crippen molar-refractivity contribution in [2.24, 2.45) is 0 Å². The Kier molecular flexibility index (Phi) is 5.60. The van der Waals surface area contributed by atoms with Crippen LogP contribution in [0.1, 0.15) is 40.6 Å². The first kappa shape index (κ1) is 18.4. The maximum atomic E-state index is 6.40. The van der Waals surface area contributed by atoms with Gasteiger partial charge in [0, 0.05) is 47.8 Å². The molecule has 1 saturated heterocycles. The number of ether oxygens (including phenoxy) is 1. The molecule has 5 heteroatoms. The van der Waals surface area contributed by atoms with E-state index in [9.17, 15) is 0 Å². The molecule has 26 heavy (non-hydrogen) atoms. The number of benzene rings is 1. The van der Waals surface area contributed by atoms with E-state index in [4.69, 9.17) is 4.74 Å². The third-order valence-electron chi connectivity index (χ3n) is 5.65. The number of thiophene rings is 1. The standard InChI is InChI=1S/C21H28N2OS2/c1-3-18-14-19-20(26-18)8-13-24-21(19)9-11-23(12-10-21)15-16-4-6-17(7-5-16)22-25-2/h4-7,14,22H,3,8-13,15H2,1-2H3. The lowest BCUT2D eigenvalue weighted by Crippen LogP contribution is -2.45. The van der Waals surface area contributed by atoms with E-state index in [-0.39, 0.29) is 5.60 Å². The second-order valence-electron chi connectivity index (χ2n) is 7.28. The Morgan fingerprint density at radius 3 is 2.69 bits per heavy atom. The molecule has 0 saturated carbocycles. The molecule has 0 unspecified atom stereocenters. The summed E-state index contributed by atoms with van der Waals surface area (Å²) in [4.78, 5) is 5.67. The van der Waals surface area contributed by atoms with E-state index in [2.05, 4.69) is 46.9 Å². The van der Waals surface area contributed by atoms with Crippen molar-refractivity contribution in [3.05, 3.63) is 51.2 Å². The molecule has 2 aliphatic rings. The molecule has 140 valence electrons. The second-order valence-corrected chi connectivity index (χ2v) is 9.11. The highest BCUT2D eigenvalue weighted by Crippen LogP contribution is 2.44. The molecule has 0 bridgehead atoms. The molecular weight excluding hydrogens is 360 g/mol. The normalized spacial score (nSPS) is 19.5. The zero-order valence-electron chi connectivity index (χ0n) is 15.7. The average Bonchev–Trinajstić information content (AvgIpc) is 3.11. The zero-order chi connectivity index (χ0) is 18.0. The molecule has 2 aromatic rings. The minimum atomic E-state index is -0.0138. The minimum absolute atomic E-state index is 0.0138. The summed E-state index contributed by atoms with van der Waals surface area (Å²) >= 11 is 3.64. The lowest BCUT2D eigenvalue weighted by Gasteiger charge is -2.44. The zero-order valence-corrected chi connectivity index (χ0v) is 17.3. The molecule has 1 aromatic carbocycles. The fraction of sp³-hybridized carbons (Fsp3) is 0.524. The molecule has 3 nitrogen and oxygen atoms in total. The van der Waals surface area contributed by atoms with Gasteiger partial charge in [-0.25, -0.2) is 0 Å². The number of piperidine rings is 1. The molecule has 0 aliphatic carbocycles. The number of fused-ring (bicyclic) bond motifs is 2. The number of nitrogens with zero attached hydrogens (tertiary/aromatic N) is 1. The molecule has 0 amide bonds. The molecule has 4 rings (SSSR count). The highest BCUT2D eigenvalue weighted by Gasteiger charge is 2.41. The van der Waals surface area contributed by atoms with Crippen molar-refractivity contribution >= 4 is 29.0 Å². The summed E-state index contributed by atoms with van der Waals surface area (Å²) in [6.07, 6.45) is 6.52. The van der Waals surface area contributed by atoms with Crippen LogP contribution in [0, 0.1) is 0 Å². The van der Waals surface area contributed by atoms with Gasteiger partial charge in [0.15, 0.2) is 0 Å². The van der Waals surface area contributed by atoms with Crippen molar-refractivity contribution in [3.8, 4) is 0 Å². The quantitative estimate of drug-likeness (QED) is 0.723. The minimum Gasteiger partial charge on any atom is -0.370 e. The summed E-state index contributed by atoms with van der Waals surface area (Å²) in [5.74, 6) is 0. The van der Waals surface area contributed by atoms with Gasteiger partial charge in [-0.3, -0.25) is 4.90 Å². The molecule has 1 spiro atoms. The number of anilines is 1. The van der Waals surface area contributed by atoms with Crippen LogP contribution in [0.3, 0.4) is 0 Å². The first-order valence-corrected chi connectivity index (χ1v) is 11.6. The maximum absolute atomic E-state index is 6.40. The Morgan fingerprint density at radius 2 is 2.00 bits per heavy atom. The number of likely N-dealkylation sites (tertiary alicyclic amines) is 1. The molecular formula is C21H28N2OS2.